The average Bonchev–Trinajstić information content (AvgIpc) is 3.64. The maximum atomic E-state index is 13.2. The molecule has 0 spiro atoms. The number of ketones is 1. The zero-order chi connectivity index (χ0) is 28.4. The van der Waals surface area contributed by atoms with E-state index in [0.717, 1.165) is 10.6 Å². The molecule has 0 bridgehead atoms. The smallest absolute Gasteiger partial charge is 0.234 e. The molecule has 10 nitrogen and oxygen atoms in total. The number of thioether (sulfide) groups is 1. The van der Waals surface area contributed by atoms with Gasteiger partial charge in [0.2, 0.25) is 11.0 Å². The summed E-state index contributed by atoms with van der Waals surface area (Å²) in [6.07, 6.45) is 1.72. The SMILES string of the molecule is COc1cc(OC)c(NC(=O)CSc2nnc(N3C(N)=C(C#N)C(c4cccs4)C4=C3CCCC4=O)s2)cc1Cl. The Morgan fingerprint density at radius 1 is 1.30 bits per heavy atom. The van der Waals surface area contributed by atoms with Crippen molar-refractivity contribution in [2.75, 3.05) is 30.2 Å². The Kier molecular flexibility index (Phi) is 8.32. The summed E-state index contributed by atoms with van der Waals surface area (Å²) < 4.78 is 11.1. The normalized spacial score (nSPS) is 17.0. The summed E-state index contributed by atoms with van der Waals surface area (Å²) in [5, 5.41) is 24.1. The predicted molar refractivity (Wildman–Crippen MR) is 156 cm³/mol. The van der Waals surface area contributed by atoms with Gasteiger partial charge >= 0.3 is 0 Å². The Morgan fingerprint density at radius 2 is 2.10 bits per heavy atom. The topological polar surface area (TPSA) is 143 Å². The molecule has 0 saturated heterocycles. The molecule has 0 fully saturated rings. The average molecular weight is 615 g/mol. The second kappa shape index (κ2) is 11.9. The number of anilines is 2. The van der Waals surface area contributed by atoms with Crippen LogP contribution >= 0.6 is 46.0 Å². The van der Waals surface area contributed by atoms with Crippen LogP contribution in [0.4, 0.5) is 10.8 Å². The van der Waals surface area contributed by atoms with Crippen molar-refractivity contribution < 1.29 is 19.1 Å². The molecule has 1 aromatic carbocycles. The number of carbonyl (C=O) groups is 2. The minimum atomic E-state index is -0.488. The van der Waals surface area contributed by atoms with Crippen molar-refractivity contribution in [3.8, 4) is 17.6 Å². The van der Waals surface area contributed by atoms with Crippen molar-refractivity contribution in [2.24, 2.45) is 5.73 Å². The zero-order valence-electron chi connectivity index (χ0n) is 21.4. The molecule has 5 rings (SSSR count). The van der Waals surface area contributed by atoms with Gasteiger partial charge in [0, 0.05) is 28.6 Å². The fourth-order valence-corrected chi connectivity index (χ4v) is 7.43. The van der Waals surface area contributed by atoms with Crippen LogP contribution in [-0.4, -0.2) is 41.9 Å². The number of aromatic nitrogens is 2. The van der Waals surface area contributed by atoms with Gasteiger partial charge in [0.15, 0.2) is 10.1 Å². The van der Waals surface area contributed by atoms with E-state index in [4.69, 9.17) is 26.8 Å². The van der Waals surface area contributed by atoms with E-state index in [0.29, 0.717) is 62.1 Å². The lowest BCUT2D eigenvalue weighted by molar-refractivity contribution is -0.116. The number of halogens is 1. The highest BCUT2D eigenvalue weighted by Crippen LogP contribution is 2.48. The number of allylic oxidation sites excluding steroid dienone is 3. The quantitative estimate of drug-likeness (QED) is 0.320. The van der Waals surface area contributed by atoms with E-state index in [2.05, 4.69) is 21.6 Å². The Hall–Kier alpha value is -3.57. The second-order valence-electron chi connectivity index (χ2n) is 8.71. The first-order valence-corrected chi connectivity index (χ1v) is 15.1. The number of nitrogens with two attached hydrogens (primary N) is 1. The molecule has 1 amide bonds. The fourth-order valence-electron chi connectivity index (χ4n) is 4.67. The van der Waals surface area contributed by atoms with E-state index in [9.17, 15) is 14.9 Å². The number of ether oxygens (including phenoxy) is 2. The number of thiophene rings is 1. The maximum absolute atomic E-state index is 13.2. The molecule has 14 heteroatoms. The first kappa shape index (κ1) is 28.0. The van der Waals surface area contributed by atoms with Crippen LogP contribution in [0, 0.1) is 11.3 Å². The summed E-state index contributed by atoms with van der Waals surface area (Å²) in [5.74, 6) is 0.342. The van der Waals surface area contributed by atoms with Crippen molar-refractivity contribution in [3.63, 3.8) is 0 Å². The van der Waals surface area contributed by atoms with Crippen LogP contribution in [0.3, 0.4) is 0 Å². The summed E-state index contributed by atoms with van der Waals surface area (Å²) >= 11 is 10.1. The van der Waals surface area contributed by atoms with Crippen molar-refractivity contribution in [3.05, 3.63) is 62.2 Å². The van der Waals surface area contributed by atoms with Gasteiger partial charge in [-0.15, -0.1) is 21.5 Å². The van der Waals surface area contributed by atoms with Gasteiger partial charge in [-0.1, -0.05) is 40.8 Å². The molecule has 40 heavy (non-hydrogen) atoms. The van der Waals surface area contributed by atoms with Crippen LogP contribution in [0.15, 0.2) is 56.6 Å². The van der Waals surface area contributed by atoms with Crippen LogP contribution in [0.5, 0.6) is 11.5 Å². The molecule has 3 heterocycles. The highest BCUT2D eigenvalue weighted by molar-refractivity contribution is 8.01. The van der Waals surface area contributed by atoms with Crippen molar-refractivity contribution >= 4 is 68.5 Å². The van der Waals surface area contributed by atoms with Gasteiger partial charge < -0.3 is 20.5 Å². The van der Waals surface area contributed by atoms with Gasteiger partial charge in [-0.25, -0.2) is 0 Å². The largest absolute Gasteiger partial charge is 0.495 e. The van der Waals surface area contributed by atoms with Crippen molar-refractivity contribution in [2.45, 2.75) is 29.5 Å². The lowest BCUT2D eigenvalue weighted by Gasteiger charge is -2.37. The summed E-state index contributed by atoms with van der Waals surface area (Å²) in [6, 6.07) is 9.21. The molecule has 2 aromatic heterocycles. The van der Waals surface area contributed by atoms with Gasteiger partial charge in [0.05, 0.1) is 48.2 Å². The van der Waals surface area contributed by atoms with E-state index < -0.39 is 5.92 Å². The van der Waals surface area contributed by atoms with E-state index in [1.54, 1.807) is 17.0 Å². The number of nitrogens with zero attached hydrogens (tertiary/aromatic N) is 4. The van der Waals surface area contributed by atoms with E-state index >= 15 is 0 Å². The van der Waals surface area contributed by atoms with Crippen LogP contribution in [0.1, 0.15) is 30.1 Å². The van der Waals surface area contributed by atoms with E-state index in [-0.39, 0.29) is 23.3 Å². The number of hydrogen-bond donors (Lipinski definition) is 2. The number of methoxy groups -OCH3 is 2. The molecule has 3 N–H and O–H groups in total. The highest BCUT2D eigenvalue weighted by atomic mass is 35.5. The molecule has 1 aliphatic carbocycles. The van der Waals surface area contributed by atoms with Crippen LogP contribution in [0.2, 0.25) is 5.02 Å². The number of nitrogens with one attached hydrogen (secondary N) is 1. The van der Waals surface area contributed by atoms with Gasteiger partial charge in [-0.3, -0.25) is 14.5 Å². The molecular weight excluding hydrogens is 592 g/mol. The number of nitriles is 1. The Bertz CT molecular complexity index is 1580. The van der Waals surface area contributed by atoms with Gasteiger partial charge in [-0.2, -0.15) is 5.26 Å². The third-order valence-corrected chi connectivity index (χ3v) is 9.68. The lowest BCUT2D eigenvalue weighted by Crippen LogP contribution is -2.38. The Balaban J connectivity index is 1.37. The number of benzene rings is 1. The Morgan fingerprint density at radius 3 is 2.80 bits per heavy atom. The van der Waals surface area contributed by atoms with Crippen LogP contribution < -0.4 is 25.4 Å². The molecule has 1 unspecified atom stereocenters. The lowest BCUT2D eigenvalue weighted by atomic mass is 9.78. The highest BCUT2D eigenvalue weighted by Gasteiger charge is 2.41. The van der Waals surface area contributed by atoms with Gasteiger partial charge in [0.25, 0.3) is 0 Å². The molecule has 1 atom stereocenters. The number of carbonyl (C=O) groups excluding carboxylic acids is 2. The third-order valence-electron chi connectivity index (χ3n) is 6.40. The van der Waals surface area contributed by atoms with Crippen LogP contribution in [-0.2, 0) is 9.59 Å². The summed E-state index contributed by atoms with van der Waals surface area (Å²) in [7, 11) is 2.98. The van der Waals surface area contributed by atoms with Crippen molar-refractivity contribution in [1.82, 2.24) is 10.2 Å². The third kappa shape index (κ3) is 5.27. The zero-order valence-corrected chi connectivity index (χ0v) is 24.6. The maximum Gasteiger partial charge on any atom is 0.234 e. The summed E-state index contributed by atoms with van der Waals surface area (Å²) in [4.78, 5) is 28.4. The molecule has 206 valence electrons. The number of hydrogen-bond acceptors (Lipinski definition) is 12. The predicted octanol–water partition coefficient (Wildman–Crippen LogP) is 5.31. The van der Waals surface area contributed by atoms with Gasteiger partial charge in [-0.05, 0) is 30.4 Å². The number of rotatable bonds is 8. The molecule has 0 saturated carbocycles. The van der Waals surface area contributed by atoms with Crippen molar-refractivity contribution in [1.29, 1.82) is 5.26 Å². The molecule has 2 aliphatic rings. The minimum absolute atomic E-state index is 0.00903. The molecule has 0 radical (unpaired) electrons. The number of Topliss-reactive ketones (excluding diaryl/α,β-unsaturated/α-hetero) is 1. The summed E-state index contributed by atoms with van der Waals surface area (Å²) in [6.45, 7) is 0. The molecular formula is C26H23ClN6O4S3. The first-order chi connectivity index (χ1) is 19.4. The standard InChI is InChI=1S/C26H23ClN6O4S3/c1-36-18-10-19(37-2)15(9-14(18)27)30-21(35)12-39-26-32-31-25(40-26)33-16-5-3-6-17(34)23(16)22(13(11-28)24(33)29)20-7-4-8-38-20/h4,7-10,22H,3,5-6,12,29H2,1-2H3,(H,30,35). The minimum Gasteiger partial charge on any atom is -0.495 e. The first-order valence-electron chi connectivity index (χ1n) is 12.0. The molecule has 3 aromatic rings. The van der Waals surface area contributed by atoms with Crippen LogP contribution in [0.25, 0.3) is 0 Å². The van der Waals surface area contributed by atoms with Gasteiger partial charge in [0.1, 0.15) is 17.3 Å². The number of amides is 1. The monoisotopic (exact) mass is 614 g/mol. The second-order valence-corrected chi connectivity index (χ2v) is 12.3. The molecule has 1 aliphatic heterocycles. The fraction of sp³-hybridized carbons (Fsp3) is 0.269. The summed E-state index contributed by atoms with van der Waals surface area (Å²) in [5.41, 5.74) is 8.64. The van der Waals surface area contributed by atoms with E-state index in [1.165, 1.54) is 48.7 Å². The van der Waals surface area contributed by atoms with E-state index in [1.807, 2.05) is 17.5 Å². The Labute approximate surface area is 247 Å².